The van der Waals surface area contributed by atoms with Crippen molar-refractivity contribution in [3.8, 4) is 11.4 Å². The fourth-order valence-electron chi connectivity index (χ4n) is 3.10. The van der Waals surface area contributed by atoms with Crippen LogP contribution in [0, 0.1) is 0 Å². The van der Waals surface area contributed by atoms with E-state index in [-0.39, 0.29) is 0 Å². The summed E-state index contributed by atoms with van der Waals surface area (Å²) in [6, 6.07) is 7.43. The van der Waals surface area contributed by atoms with Crippen molar-refractivity contribution < 1.29 is 13.2 Å². The average Bonchev–Trinajstić information content (AvgIpc) is 3.12. The second-order valence-electron chi connectivity index (χ2n) is 6.22. The Kier molecular flexibility index (Phi) is 4.40. The molecule has 0 N–H and O–H groups in total. The van der Waals surface area contributed by atoms with Crippen LogP contribution in [0.2, 0.25) is 0 Å². The first-order valence-corrected chi connectivity index (χ1v) is 10.2. The molecule has 1 aliphatic rings. The molecule has 0 radical (unpaired) electrons. The Morgan fingerprint density at radius 1 is 1.04 bits per heavy atom. The Labute approximate surface area is 156 Å². The van der Waals surface area contributed by atoms with Crippen LogP contribution in [0.3, 0.4) is 0 Å². The summed E-state index contributed by atoms with van der Waals surface area (Å²) in [5.41, 5.74) is 1.99. The van der Waals surface area contributed by atoms with Crippen LogP contribution >= 0.6 is 0 Å². The van der Waals surface area contributed by atoms with Gasteiger partial charge >= 0.3 is 0 Å². The number of piperazine rings is 1. The number of hydrogen-bond donors (Lipinski definition) is 0. The Morgan fingerprint density at radius 3 is 2.37 bits per heavy atom. The number of benzene rings is 1. The first-order chi connectivity index (χ1) is 13.0. The third-order valence-electron chi connectivity index (χ3n) is 4.54. The van der Waals surface area contributed by atoms with Crippen LogP contribution in [0.1, 0.15) is 0 Å². The highest BCUT2D eigenvalue weighted by atomic mass is 32.2. The van der Waals surface area contributed by atoms with E-state index >= 15 is 0 Å². The van der Waals surface area contributed by atoms with Crippen molar-refractivity contribution in [1.29, 1.82) is 0 Å². The highest BCUT2D eigenvalue weighted by Gasteiger charge is 2.26. The van der Waals surface area contributed by atoms with Gasteiger partial charge in [0.1, 0.15) is 12.1 Å². The van der Waals surface area contributed by atoms with Crippen LogP contribution in [0.25, 0.3) is 16.9 Å². The smallest absolute Gasteiger partial charge is 0.211 e. The molecule has 0 aliphatic carbocycles. The lowest BCUT2D eigenvalue weighted by atomic mass is 10.3. The number of aromatic nitrogens is 5. The molecular weight excluding hydrogens is 370 g/mol. The number of sulfonamides is 1. The zero-order valence-electron chi connectivity index (χ0n) is 15.0. The van der Waals surface area contributed by atoms with E-state index in [1.165, 1.54) is 16.9 Å². The van der Waals surface area contributed by atoms with Gasteiger partial charge < -0.3 is 9.64 Å². The van der Waals surface area contributed by atoms with Crippen molar-refractivity contribution in [2.24, 2.45) is 0 Å². The predicted molar refractivity (Wildman–Crippen MR) is 99.6 cm³/mol. The third-order valence-corrected chi connectivity index (χ3v) is 5.85. The predicted octanol–water partition coefficient (Wildman–Crippen LogP) is 0.301. The number of fused-ring (bicyclic) bond motifs is 1. The summed E-state index contributed by atoms with van der Waals surface area (Å²) in [7, 11) is -1.57. The van der Waals surface area contributed by atoms with E-state index in [9.17, 15) is 8.42 Å². The van der Waals surface area contributed by atoms with Gasteiger partial charge in [0.2, 0.25) is 10.0 Å². The molecule has 3 heterocycles. The molecular formula is C16H19N7O3S. The quantitative estimate of drug-likeness (QED) is 0.627. The van der Waals surface area contributed by atoms with Gasteiger partial charge in [0.25, 0.3) is 0 Å². The summed E-state index contributed by atoms with van der Waals surface area (Å²) in [6.45, 7) is 1.90. The summed E-state index contributed by atoms with van der Waals surface area (Å²) < 4.78 is 31.7. The van der Waals surface area contributed by atoms with Crippen molar-refractivity contribution in [2.45, 2.75) is 0 Å². The number of hydrogen-bond acceptors (Lipinski definition) is 8. The van der Waals surface area contributed by atoms with Gasteiger partial charge in [-0.15, -0.1) is 5.10 Å². The minimum atomic E-state index is -3.18. The van der Waals surface area contributed by atoms with Gasteiger partial charge in [0.15, 0.2) is 17.0 Å². The molecule has 0 spiro atoms. The van der Waals surface area contributed by atoms with Crippen molar-refractivity contribution in [3.63, 3.8) is 0 Å². The van der Waals surface area contributed by atoms with Gasteiger partial charge in [-0.05, 0) is 24.3 Å². The Hall–Kier alpha value is -2.79. The largest absolute Gasteiger partial charge is 0.497 e. The molecule has 27 heavy (non-hydrogen) atoms. The molecule has 0 unspecified atom stereocenters. The molecule has 4 rings (SSSR count). The topological polar surface area (TPSA) is 106 Å². The monoisotopic (exact) mass is 389 g/mol. The van der Waals surface area contributed by atoms with Gasteiger partial charge in [-0.1, -0.05) is 5.21 Å². The number of rotatable bonds is 4. The zero-order chi connectivity index (χ0) is 19.0. The van der Waals surface area contributed by atoms with Crippen LogP contribution in [0.15, 0.2) is 30.6 Å². The lowest BCUT2D eigenvalue weighted by Crippen LogP contribution is -2.48. The van der Waals surface area contributed by atoms with Crippen molar-refractivity contribution >= 4 is 27.0 Å². The lowest BCUT2D eigenvalue weighted by Gasteiger charge is -2.33. The molecule has 11 heteroatoms. The molecule has 0 atom stereocenters. The molecule has 1 fully saturated rings. The summed E-state index contributed by atoms with van der Waals surface area (Å²) in [6.07, 6.45) is 2.70. The SMILES string of the molecule is COc1ccc(-n2nnc3c(N4CCN(S(C)(=O)=O)CC4)ncnc32)cc1. The number of methoxy groups -OCH3 is 1. The van der Waals surface area contributed by atoms with Gasteiger partial charge in [0.05, 0.1) is 19.1 Å². The minimum absolute atomic E-state index is 0.414. The molecule has 142 valence electrons. The van der Waals surface area contributed by atoms with Crippen molar-refractivity contribution in [3.05, 3.63) is 30.6 Å². The van der Waals surface area contributed by atoms with Gasteiger partial charge in [0, 0.05) is 26.2 Å². The standard InChI is InChI=1S/C16H19N7O3S/c1-26-13-5-3-12(4-6-13)23-16-14(19-20-23)15(17-11-18-16)21-7-9-22(10-8-21)27(2,24)25/h3-6,11H,7-10H2,1-2H3. The summed E-state index contributed by atoms with van der Waals surface area (Å²) in [5, 5.41) is 8.48. The van der Waals surface area contributed by atoms with Crippen LogP contribution in [0.4, 0.5) is 5.82 Å². The second kappa shape index (κ2) is 6.74. The number of anilines is 1. The van der Waals surface area contributed by atoms with Gasteiger partial charge in [-0.3, -0.25) is 0 Å². The van der Waals surface area contributed by atoms with E-state index in [4.69, 9.17) is 4.74 Å². The average molecular weight is 389 g/mol. The maximum atomic E-state index is 11.7. The van der Waals surface area contributed by atoms with E-state index in [1.54, 1.807) is 11.8 Å². The highest BCUT2D eigenvalue weighted by Crippen LogP contribution is 2.24. The molecule has 0 bridgehead atoms. The van der Waals surface area contributed by atoms with Gasteiger partial charge in [-0.25, -0.2) is 18.4 Å². The molecule has 3 aromatic rings. The highest BCUT2D eigenvalue weighted by molar-refractivity contribution is 7.88. The molecule has 2 aromatic heterocycles. The Balaban J connectivity index is 1.65. The summed E-state index contributed by atoms with van der Waals surface area (Å²) in [4.78, 5) is 10.7. The fourth-order valence-corrected chi connectivity index (χ4v) is 3.92. The third kappa shape index (κ3) is 3.30. The fraction of sp³-hybridized carbons (Fsp3) is 0.375. The molecule has 10 nitrogen and oxygen atoms in total. The normalized spacial score (nSPS) is 16.0. The van der Waals surface area contributed by atoms with E-state index in [0.29, 0.717) is 43.2 Å². The van der Waals surface area contributed by atoms with Crippen molar-refractivity contribution in [2.75, 3.05) is 44.4 Å². The first kappa shape index (κ1) is 17.6. The first-order valence-electron chi connectivity index (χ1n) is 8.38. The zero-order valence-corrected chi connectivity index (χ0v) is 15.8. The van der Waals surface area contributed by atoms with E-state index in [0.717, 1.165) is 11.4 Å². The van der Waals surface area contributed by atoms with E-state index in [1.807, 2.05) is 29.2 Å². The molecule has 1 aromatic carbocycles. The summed E-state index contributed by atoms with van der Waals surface area (Å²) >= 11 is 0. The molecule has 1 saturated heterocycles. The molecule has 0 amide bonds. The van der Waals surface area contributed by atoms with Crippen LogP contribution in [0.5, 0.6) is 5.75 Å². The Morgan fingerprint density at radius 2 is 1.74 bits per heavy atom. The van der Waals surface area contributed by atoms with Crippen LogP contribution in [-0.4, -0.2) is 77.2 Å². The number of ether oxygens (including phenoxy) is 1. The van der Waals surface area contributed by atoms with Gasteiger partial charge in [-0.2, -0.15) is 8.99 Å². The maximum absolute atomic E-state index is 11.7. The summed E-state index contributed by atoms with van der Waals surface area (Å²) in [5.74, 6) is 1.41. The Bertz CT molecular complexity index is 1060. The molecule has 0 saturated carbocycles. The van der Waals surface area contributed by atoms with Crippen LogP contribution in [-0.2, 0) is 10.0 Å². The van der Waals surface area contributed by atoms with E-state index < -0.39 is 10.0 Å². The minimum Gasteiger partial charge on any atom is -0.497 e. The number of nitrogens with zero attached hydrogens (tertiary/aromatic N) is 7. The van der Waals surface area contributed by atoms with Crippen LogP contribution < -0.4 is 9.64 Å². The molecule has 1 aliphatic heterocycles. The second-order valence-corrected chi connectivity index (χ2v) is 8.20. The maximum Gasteiger partial charge on any atom is 0.211 e. The van der Waals surface area contributed by atoms with Crippen molar-refractivity contribution in [1.82, 2.24) is 29.3 Å². The van der Waals surface area contributed by atoms with E-state index in [2.05, 4.69) is 20.3 Å². The lowest BCUT2D eigenvalue weighted by molar-refractivity contribution is 0.387.